The van der Waals surface area contributed by atoms with Gasteiger partial charge in [0, 0.05) is 31.1 Å². The number of rotatable bonds is 5. The number of carbonyl (C=O) groups is 2. The van der Waals surface area contributed by atoms with E-state index in [1.807, 2.05) is 6.07 Å². The minimum atomic E-state index is -0.644. The number of nitrogens with zero attached hydrogens (tertiary/aromatic N) is 8. The number of ether oxygens (including phenoxy) is 1. The summed E-state index contributed by atoms with van der Waals surface area (Å²) in [5.74, 6) is -0.349. The SMILES string of the molecule is Cc1nn(-c2cc(OC3CN(C(=O)N4N=CCC4c4cncc(C#N)c4)C3)c(F)cn2)c(C)c1C=O. The molecule has 3 aromatic rings. The zero-order valence-corrected chi connectivity index (χ0v) is 19.5. The highest BCUT2D eigenvalue weighted by molar-refractivity contribution is 5.79. The zero-order chi connectivity index (χ0) is 25.4. The molecule has 0 saturated carbocycles. The highest BCUT2D eigenvalue weighted by atomic mass is 19.1. The van der Waals surface area contributed by atoms with Gasteiger partial charge in [0.25, 0.3) is 0 Å². The number of aldehydes is 1. The van der Waals surface area contributed by atoms with E-state index in [2.05, 4.69) is 20.2 Å². The number of pyridine rings is 2. The third kappa shape index (κ3) is 4.04. The predicted molar refractivity (Wildman–Crippen MR) is 124 cm³/mol. The fourth-order valence-electron chi connectivity index (χ4n) is 4.23. The second kappa shape index (κ2) is 9.18. The number of hydrogen-bond donors (Lipinski definition) is 0. The van der Waals surface area contributed by atoms with Gasteiger partial charge in [-0.05, 0) is 25.5 Å². The van der Waals surface area contributed by atoms with Gasteiger partial charge < -0.3 is 9.64 Å². The molecule has 0 radical (unpaired) electrons. The Morgan fingerprint density at radius 2 is 2.06 bits per heavy atom. The van der Waals surface area contributed by atoms with E-state index >= 15 is 0 Å². The maximum Gasteiger partial charge on any atom is 0.341 e. The summed E-state index contributed by atoms with van der Waals surface area (Å²) in [5.41, 5.74) is 2.72. The molecule has 12 heteroatoms. The van der Waals surface area contributed by atoms with Gasteiger partial charge >= 0.3 is 6.03 Å². The second-order valence-electron chi connectivity index (χ2n) is 8.53. The average molecular weight is 488 g/mol. The molecule has 5 rings (SSSR count). The molecule has 0 aliphatic carbocycles. The van der Waals surface area contributed by atoms with Crippen molar-refractivity contribution in [1.82, 2.24) is 29.7 Å². The average Bonchev–Trinajstić information content (AvgIpc) is 3.46. The van der Waals surface area contributed by atoms with E-state index < -0.39 is 11.9 Å². The predicted octanol–water partition coefficient (Wildman–Crippen LogP) is 2.72. The van der Waals surface area contributed by atoms with Crippen molar-refractivity contribution in [2.75, 3.05) is 13.1 Å². The second-order valence-corrected chi connectivity index (χ2v) is 8.53. The summed E-state index contributed by atoms with van der Waals surface area (Å²) >= 11 is 0. The topological polar surface area (TPSA) is 130 Å². The number of halogens is 1. The highest BCUT2D eigenvalue weighted by Crippen LogP contribution is 2.31. The molecule has 0 N–H and O–H groups in total. The number of urea groups is 1. The number of hydrogen-bond acceptors (Lipinski definition) is 8. The maximum absolute atomic E-state index is 14.4. The Hall–Kier alpha value is -4.66. The largest absolute Gasteiger partial charge is 0.483 e. The van der Waals surface area contributed by atoms with Crippen molar-refractivity contribution >= 4 is 18.5 Å². The number of aromatic nitrogens is 4. The first-order chi connectivity index (χ1) is 17.4. The Bertz CT molecular complexity index is 1420. The highest BCUT2D eigenvalue weighted by Gasteiger charge is 2.39. The molecule has 5 heterocycles. The third-order valence-electron chi connectivity index (χ3n) is 6.20. The smallest absolute Gasteiger partial charge is 0.341 e. The number of carbonyl (C=O) groups excluding carboxylic acids is 2. The van der Waals surface area contributed by atoms with Gasteiger partial charge in [-0.1, -0.05) is 0 Å². The van der Waals surface area contributed by atoms with E-state index in [0.29, 0.717) is 34.8 Å². The molecule has 2 aliphatic rings. The normalized spacial score (nSPS) is 17.1. The summed E-state index contributed by atoms with van der Waals surface area (Å²) < 4.78 is 21.7. The summed E-state index contributed by atoms with van der Waals surface area (Å²) in [6, 6.07) is 4.50. The monoisotopic (exact) mass is 488 g/mol. The summed E-state index contributed by atoms with van der Waals surface area (Å²) in [4.78, 5) is 34.0. The molecule has 1 atom stereocenters. The first-order valence-electron chi connectivity index (χ1n) is 11.2. The fraction of sp³-hybridized carbons (Fsp3) is 0.292. The van der Waals surface area contributed by atoms with Crippen molar-refractivity contribution in [2.45, 2.75) is 32.4 Å². The van der Waals surface area contributed by atoms with Crippen molar-refractivity contribution in [3.8, 4) is 17.6 Å². The summed E-state index contributed by atoms with van der Waals surface area (Å²) in [5, 5.41) is 19.0. The summed E-state index contributed by atoms with van der Waals surface area (Å²) in [6.45, 7) is 3.94. The van der Waals surface area contributed by atoms with E-state index in [0.717, 1.165) is 18.0 Å². The molecule has 11 nitrogen and oxygen atoms in total. The Kier molecular flexibility index (Phi) is 5.89. The van der Waals surface area contributed by atoms with Crippen LogP contribution in [0.2, 0.25) is 0 Å². The lowest BCUT2D eigenvalue weighted by atomic mass is 10.1. The Morgan fingerprint density at radius 3 is 2.78 bits per heavy atom. The first-order valence-corrected chi connectivity index (χ1v) is 11.2. The molecule has 182 valence electrons. The third-order valence-corrected chi connectivity index (χ3v) is 6.20. The molecule has 0 bridgehead atoms. The lowest BCUT2D eigenvalue weighted by Gasteiger charge is -2.41. The lowest BCUT2D eigenvalue weighted by molar-refractivity contribution is 0.0256. The van der Waals surface area contributed by atoms with Gasteiger partial charge in [0.1, 0.15) is 12.2 Å². The van der Waals surface area contributed by atoms with Crippen LogP contribution in [-0.2, 0) is 0 Å². The zero-order valence-electron chi connectivity index (χ0n) is 19.5. The van der Waals surface area contributed by atoms with Crippen LogP contribution in [0.3, 0.4) is 0 Å². The van der Waals surface area contributed by atoms with Gasteiger partial charge in [-0.15, -0.1) is 0 Å². The number of likely N-dealkylation sites (tertiary alicyclic amines) is 1. The van der Waals surface area contributed by atoms with Crippen LogP contribution in [0.25, 0.3) is 5.82 Å². The van der Waals surface area contributed by atoms with Crippen LogP contribution in [0.1, 0.15) is 45.3 Å². The van der Waals surface area contributed by atoms with Crippen LogP contribution in [0.4, 0.5) is 9.18 Å². The van der Waals surface area contributed by atoms with Gasteiger partial charge in [-0.3, -0.25) is 9.78 Å². The van der Waals surface area contributed by atoms with Crippen LogP contribution in [0.5, 0.6) is 5.75 Å². The van der Waals surface area contributed by atoms with Crippen LogP contribution >= 0.6 is 0 Å². The minimum Gasteiger partial charge on any atom is -0.483 e. The first kappa shape index (κ1) is 23.1. The van der Waals surface area contributed by atoms with E-state index in [-0.39, 0.29) is 30.9 Å². The molecule has 1 fully saturated rings. The number of hydrazone groups is 1. The van der Waals surface area contributed by atoms with E-state index in [4.69, 9.17) is 10.00 Å². The Morgan fingerprint density at radius 1 is 1.25 bits per heavy atom. The van der Waals surface area contributed by atoms with Crippen molar-refractivity contribution < 1.29 is 18.7 Å². The molecule has 36 heavy (non-hydrogen) atoms. The van der Waals surface area contributed by atoms with Crippen molar-refractivity contribution in [2.24, 2.45) is 5.10 Å². The lowest BCUT2D eigenvalue weighted by Crippen LogP contribution is -2.58. The molecular formula is C24H21FN8O3. The Balaban J connectivity index is 1.25. The van der Waals surface area contributed by atoms with Crippen LogP contribution in [0.15, 0.2) is 35.8 Å². The van der Waals surface area contributed by atoms with Gasteiger partial charge in [-0.2, -0.15) is 15.5 Å². The van der Waals surface area contributed by atoms with E-state index in [1.54, 1.807) is 37.2 Å². The van der Waals surface area contributed by atoms with Gasteiger partial charge in [0.15, 0.2) is 23.7 Å². The van der Waals surface area contributed by atoms with Gasteiger partial charge in [0.2, 0.25) is 0 Å². The van der Waals surface area contributed by atoms with Gasteiger partial charge in [-0.25, -0.2) is 23.9 Å². The molecular weight excluding hydrogens is 467 g/mol. The molecule has 0 aromatic carbocycles. The van der Waals surface area contributed by atoms with Crippen LogP contribution in [-0.4, -0.2) is 67.4 Å². The standard InChI is InChI=1S/C24H21FN8O3/c1-14-19(13-34)15(2)32(30-14)23-6-22(20(25)10-28-23)36-18-11-31(12-18)24(35)33-21(3-4-29-33)17-5-16(7-26)8-27-9-17/h4-6,8-10,13,18,21H,3,11-12H2,1-2H3. The molecule has 2 aliphatic heterocycles. The van der Waals surface area contributed by atoms with Crippen LogP contribution < -0.4 is 4.74 Å². The molecule has 1 unspecified atom stereocenters. The molecule has 1 saturated heterocycles. The number of amides is 2. The van der Waals surface area contributed by atoms with Crippen molar-refractivity contribution in [1.29, 1.82) is 5.26 Å². The van der Waals surface area contributed by atoms with E-state index in [1.165, 1.54) is 22.0 Å². The van der Waals surface area contributed by atoms with E-state index in [9.17, 15) is 14.0 Å². The number of nitriles is 1. The Labute approximate surface area is 205 Å². The number of aryl methyl sites for hydroxylation is 1. The quantitative estimate of drug-likeness (QED) is 0.505. The molecule has 0 spiro atoms. The summed E-state index contributed by atoms with van der Waals surface area (Å²) in [7, 11) is 0. The molecule has 3 aromatic heterocycles. The summed E-state index contributed by atoms with van der Waals surface area (Å²) in [6.07, 6.45) is 6.59. The maximum atomic E-state index is 14.4. The minimum absolute atomic E-state index is 0.0197. The fourth-order valence-corrected chi connectivity index (χ4v) is 4.23. The van der Waals surface area contributed by atoms with Crippen molar-refractivity contribution in [3.63, 3.8) is 0 Å². The van der Waals surface area contributed by atoms with Gasteiger partial charge in [0.05, 0.1) is 47.8 Å². The van der Waals surface area contributed by atoms with Crippen molar-refractivity contribution in [3.05, 3.63) is 64.6 Å². The molecule has 2 amide bonds. The van der Waals surface area contributed by atoms with Crippen LogP contribution in [0, 0.1) is 31.0 Å².